The first-order chi connectivity index (χ1) is 12.2. The Balaban J connectivity index is 0.00000338. The summed E-state index contributed by atoms with van der Waals surface area (Å²) in [5.74, 6) is 1.96. The summed E-state index contributed by atoms with van der Waals surface area (Å²) in [4.78, 5) is 12.5. The van der Waals surface area contributed by atoms with Crippen molar-refractivity contribution in [2.45, 2.75) is 58.9 Å². The molecule has 1 atom stereocenters. The first-order valence-corrected chi connectivity index (χ1v) is 10.6. The van der Waals surface area contributed by atoms with Crippen molar-refractivity contribution in [1.29, 1.82) is 0 Å². The molecule has 0 radical (unpaired) electrons. The minimum Gasteiger partial charge on any atom is -0.357 e. The van der Waals surface area contributed by atoms with Crippen molar-refractivity contribution in [2.24, 2.45) is 10.9 Å². The molecule has 0 aliphatic carbocycles. The van der Waals surface area contributed by atoms with Crippen LogP contribution in [0.5, 0.6) is 0 Å². The number of likely N-dealkylation sites (N-methyl/N-ethyl adjacent to an activating group) is 2. The number of nitrogens with one attached hydrogen (secondary N) is 1. The normalized spacial score (nSPS) is 23.1. The molecule has 0 aromatic rings. The molecule has 0 bridgehead atoms. The molecule has 2 fully saturated rings. The molecule has 0 spiro atoms. The summed E-state index contributed by atoms with van der Waals surface area (Å²) in [5.41, 5.74) is 0. The number of nitrogens with zero attached hydrogens (tertiary/aromatic N) is 4. The van der Waals surface area contributed by atoms with Gasteiger partial charge in [-0.25, -0.2) is 0 Å². The molecule has 0 aromatic heterocycles. The fraction of sp³-hybridized carbons (Fsp3) is 0.950. The third-order valence-electron chi connectivity index (χ3n) is 6.04. The van der Waals surface area contributed by atoms with Crippen LogP contribution in [-0.4, -0.2) is 86.1 Å². The fourth-order valence-corrected chi connectivity index (χ4v) is 4.33. The highest BCUT2D eigenvalue weighted by atomic mass is 127. The third kappa shape index (κ3) is 7.50. The van der Waals surface area contributed by atoms with E-state index in [4.69, 9.17) is 4.99 Å². The van der Waals surface area contributed by atoms with Crippen LogP contribution in [0.1, 0.15) is 52.9 Å². The van der Waals surface area contributed by atoms with Gasteiger partial charge in [0.15, 0.2) is 5.96 Å². The summed E-state index contributed by atoms with van der Waals surface area (Å²) in [6.45, 7) is 15.9. The van der Waals surface area contributed by atoms with E-state index in [1.807, 2.05) is 0 Å². The smallest absolute Gasteiger partial charge is 0.193 e. The Bertz CT molecular complexity index is 396. The highest BCUT2D eigenvalue weighted by molar-refractivity contribution is 14.0. The molecule has 0 saturated carbocycles. The third-order valence-corrected chi connectivity index (χ3v) is 6.04. The Morgan fingerprint density at radius 2 is 1.81 bits per heavy atom. The van der Waals surface area contributed by atoms with Gasteiger partial charge in [-0.15, -0.1) is 24.0 Å². The van der Waals surface area contributed by atoms with Gasteiger partial charge in [0.05, 0.1) is 0 Å². The molecule has 2 saturated heterocycles. The van der Waals surface area contributed by atoms with Gasteiger partial charge in [0.1, 0.15) is 0 Å². The lowest BCUT2D eigenvalue weighted by atomic mass is 9.94. The first kappa shape index (κ1) is 24.0. The largest absolute Gasteiger partial charge is 0.357 e. The van der Waals surface area contributed by atoms with Crippen molar-refractivity contribution in [3.63, 3.8) is 0 Å². The Morgan fingerprint density at radius 1 is 1.08 bits per heavy atom. The van der Waals surface area contributed by atoms with Gasteiger partial charge in [0, 0.05) is 32.7 Å². The van der Waals surface area contributed by atoms with Crippen molar-refractivity contribution in [2.75, 3.05) is 59.4 Å². The summed E-state index contributed by atoms with van der Waals surface area (Å²) in [5, 5.41) is 3.49. The molecule has 0 amide bonds. The second-order valence-corrected chi connectivity index (χ2v) is 7.71. The standard InChI is InChI=1S/C20H41N5.HI/c1-5-21-20(23(4)17-19-9-8-14-25(19)7-3)22-13-10-18-11-15-24(6-2)16-12-18;/h18-19H,5-17H2,1-4H3,(H,21,22);1H. The predicted octanol–water partition coefficient (Wildman–Crippen LogP) is 3.11. The second-order valence-electron chi connectivity index (χ2n) is 7.71. The van der Waals surface area contributed by atoms with Crippen molar-refractivity contribution in [3.8, 4) is 0 Å². The number of hydrogen-bond donors (Lipinski definition) is 1. The van der Waals surface area contributed by atoms with E-state index in [1.54, 1.807) is 0 Å². The maximum atomic E-state index is 4.94. The van der Waals surface area contributed by atoms with Gasteiger partial charge in [0.2, 0.25) is 0 Å². The Hall–Kier alpha value is -0.0800. The van der Waals surface area contributed by atoms with Crippen LogP contribution in [0.15, 0.2) is 4.99 Å². The summed E-state index contributed by atoms with van der Waals surface area (Å²) in [7, 11) is 2.20. The average Bonchev–Trinajstić information content (AvgIpc) is 3.08. The molecule has 1 unspecified atom stereocenters. The summed E-state index contributed by atoms with van der Waals surface area (Å²) in [6, 6.07) is 0.692. The number of rotatable bonds is 8. The lowest BCUT2D eigenvalue weighted by Gasteiger charge is -2.31. The van der Waals surface area contributed by atoms with E-state index in [0.29, 0.717) is 6.04 Å². The topological polar surface area (TPSA) is 34.1 Å². The lowest BCUT2D eigenvalue weighted by molar-refractivity contribution is 0.188. The number of hydrogen-bond acceptors (Lipinski definition) is 3. The van der Waals surface area contributed by atoms with Crippen LogP contribution in [-0.2, 0) is 0 Å². The molecular formula is C20H42IN5. The van der Waals surface area contributed by atoms with Crippen LogP contribution >= 0.6 is 24.0 Å². The van der Waals surface area contributed by atoms with Crippen molar-refractivity contribution < 1.29 is 0 Å². The minimum atomic E-state index is 0. The minimum absolute atomic E-state index is 0. The van der Waals surface area contributed by atoms with Crippen molar-refractivity contribution in [1.82, 2.24) is 20.0 Å². The van der Waals surface area contributed by atoms with E-state index in [9.17, 15) is 0 Å². The summed E-state index contributed by atoms with van der Waals surface area (Å²) >= 11 is 0. The van der Waals surface area contributed by atoms with Crippen LogP contribution < -0.4 is 5.32 Å². The summed E-state index contributed by atoms with van der Waals surface area (Å²) < 4.78 is 0. The lowest BCUT2D eigenvalue weighted by Crippen LogP contribution is -2.46. The van der Waals surface area contributed by atoms with Crippen LogP contribution in [0.2, 0.25) is 0 Å². The van der Waals surface area contributed by atoms with Gasteiger partial charge in [-0.05, 0) is 77.7 Å². The Kier molecular flexibility index (Phi) is 12.1. The monoisotopic (exact) mass is 479 g/mol. The number of guanidine groups is 1. The molecule has 5 nitrogen and oxygen atoms in total. The second kappa shape index (κ2) is 13.2. The Morgan fingerprint density at radius 3 is 2.42 bits per heavy atom. The van der Waals surface area contributed by atoms with Crippen LogP contribution in [0.3, 0.4) is 0 Å². The Labute approximate surface area is 179 Å². The van der Waals surface area contributed by atoms with Gasteiger partial charge in [0.25, 0.3) is 0 Å². The van der Waals surface area contributed by atoms with E-state index in [-0.39, 0.29) is 24.0 Å². The maximum absolute atomic E-state index is 4.94. The highest BCUT2D eigenvalue weighted by Crippen LogP contribution is 2.20. The predicted molar refractivity (Wildman–Crippen MR) is 124 cm³/mol. The molecule has 2 heterocycles. The van der Waals surface area contributed by atoms with E-state index >= 15 is 0 Å². The maximum Gasteiger partial charge on any atom is 0.193 e. The molecule has 1 N–H and O–H groups in total. The zero-order valence-corrected chi connectivity index (χ0v) is 19.9. The summed E-state index contributed by atoms with van der Waals surface area (Å²) in [6.07, 6.45) is 6.61. The number of aliphatic imine (C=N–C) groups is 1. The molecule has 2 rings (SSSR count). The zero-order valence-electron chi connectivity index (χ0n) is 17.5. The number of likely N-dealkylation sites (tertiary alicyclic amines) is 2. The number of halogens is 1. The van der Waals surface area contributed by atoms with E-state index in [0.717, 1.165) is 31.5 Å². The molecule has 6 heteroatoms. The fourth-order valence-electron chi connectivity index (χ4n) is 4.33. The molecule has 0 aromatic carbocycles. The van der Waals surface area contributed by atoms with Gasteiger partial charge >= 0.3 is 0 Å². The van der Waals surface area contributed by atoms with Crippen LogP contribution in [0.25, 0.3) is 0 Å². The van der Waals surface area contributed by atoms with E-state index in [2.05, 4.69) is 47.8 Å². The van der Waals surface area contributed by atoms with Crippen LogP contribution in [0, 0.1) is 5.92 Å². The van der Waals surface area contributed by atoms with Gasteiger partial charge < -0.3 is 15.1 Å². The molecule has 2 aliphatic heterocycles. The zero-order chi connectivity index (χ0) is 18.1. The average molecular weight is 479 g/mol. The highest BCUT2D eigenvalue weighted by Gasteiger charge is 2.25. The number of piperidine rings is 1. The first-order valence-electron chi connectivity index (χ1n) is 10.6. The van der Waals surface area contributed by atoms with Crippen molar-refractivity contribution >= 4 is 29.9 Å². The SMILES string of the molecule is CCNC(=NCCC1CCN(CC)CC1)N(C)CC1CCCN1CC.I. The molecule has 26 heavy (non-hydrogen) atoms. The van der Waals surface area contributed by atoms with Crippen molar-refractivity contribution in [3.05, 3.63) is 0 Å². The van der Waals surface area contributed by atoms with Crippen LogP contribution in [0.4, 0.5) is 0 Å². The quantitative estimate of drug-likeness (QED) is 0.330. The molecular weight excluding hydrogens is 437 g/mol. The van der Waals surface area contributed by atoms with E-state index < -0.39 is 0 Å². The van der Waals surface area contributed by atoms with Gasteiger partial charge in [-0.1, -0.05) is 13.8 Å². The van der Waals surface area contributed by atoms with Gasteiger partial charge in [-0.2, -0.15) is 0 Å². The molecule has 154 valence electrons. The molecule has 2 aliphatic rings. The van der Waals surface area contributed by atoms with E-state index in [1.165, 1.54) is 64.8 Å². The van der Waals surface area contributed by atoms with Gasteiger partial charge in [-0.3, -0.25) is 9.89 Å².